The van der Waals surface area contributed by atoms with E-state index in [1.165, 1.54) is 24.3 Å². The van der Waals surface area contributed by atoms with Crippen molar-refractivity contribution in [1.82, 2.24) is 4.98 Å². The number of nitrogens with zero attached hydrogens (tertiary/aromatic N) is 1. The highest BCUT2D eigenvalue weighted by Gasteiger charge is 2.13. The number of carbonyl (C=O) groups is 1. The van der Waals surface area contributed by atoms with Gasteiger partial charge in [0.1, 0.15) is 11.0 Å². The Morgan fingerprint density at radius 1 is 1.09 bits per heavy atom. The number of carbonyl (C=O) groups excluding carboxylic acids is 1. The van der Waals surface area contributed by atoms with Gasteiger partial charge in [-0.1, -0.05) is 41.4 Å². The minimum absolute atomic E-state index is 0.0598. The van der Waals surface area contributed by atoms with Crippen LogP contribution >= 0.6 is 23.2 Å². The Morgan fingerprint density at radius 2 is 1.86 bits per heavy atom. The van der Waals surface area contributed by atoms with E-state index in [0.29, 0.717) is 22.2 Å². The first kappa shape index (κ1) is 14.8. The molecule has 0 bridgehead atoms. The monoisotopic (exact) mass is 334 g/mol. The molecule has 0 aliphatic rings. The van der Waals surface area contributed by atoms with E-state index >= 15 is 0 Å². The van der Waals surface area contributed by atoms with E-state index in [9.17, 15) is 9.18 Å². The zero-order chi connectivity index (χ0) is 15.7. The fraction of sp³-hybridized carbons (Fsp3) is 0. The van der Waals surface area contributed by atoms with Crippen LogP contribution < -0.4 is 5.32 Å². The van der Waals surface area contributed by atoms with Gasteiger partial charge in [-0.3, -0.25) is 4.79 Å². The molecule has 110 valence electrons. The summed E-state index contributed by atoms with van der Waals surface area (Å²) >= 11 is 11.7. The zero-order valence-electron chi connectivity index (χ0n) is 11.1. The molecule has 1 N–H and O–H groups in total. The molecule has 1 amide bonds. The summed E-state index contributed by atoms with van der Waals surface area (Å²) in [4.78, 5) is 16.6. The first-order chi connectivity index (χ1) is 10.5. The van der Waals surface area contributed by atoms with E-state index < -0.39 is 5.82 Å². The number of pyridine rings is 1. The molecule has 6 heteroatoms. The van der Waals surface area contributed by atoms with Crippen molar-refractivity contribution in [2.24, 2.45) is 0 Å². The SMILES string of the molecule is O=C(Nc1ccc(F)c(Cl)c1)c1cc(Cl)nc2ccccc12. The number of para-hydroxylation sites is 1. The molecule has 0 aliphatic carbocycles. The molecule has 0 aliphatic heterocycles. The van der Waals surface area contributed by atoms with Crippen molar-refractivity contribution in [2.75, 3.05) is 5.32 Å². The smallest absolute Gasteiger partial charge is 0.256 e. The summed E-state index contributed by atoms with van der Waals surface area (Å²) in [6.07, 6.45) is 0. The highest BCUT2D eigenvalue weighted by Crippen LogP contribution is 2.23. The highest BCUT2D eigenvalue weighted by molar-refractivity contribution is 6.31. The normalized spacial score (nSPS) is 10.7. The van der Waals surface area contributed by atoms with Crippen molar-refractivity contribution >= 4 is 45.7 Å². The maximum atomic E-state index is 13.1. The fourth-order valence-corrected chi connectivity index (χ4v) is 2.48. The summed E-state index contributed by atoms with van der Waals surface area (Å²) in [6, 6.07) is 12.6. The number of fused-ring (bicyclic) bond motifs is 1. The third kappa shape index (κ3) is 2.89. The minimum atomic E-state index is -0.544. The summed E-state index contributed by atoms with van der Waals surface area (Å²) in [7, 11) is 0. The summed E-state index contributed by atoms with van der Waals surface area (Å²) in [5.74, 6) is -0.916. The molecule has 1 aromatic heterocycles. The predicted octanol–water partition coefficient (Wildman–Crippen LogP) is 4.93. The van der Waals surface area contributed by atoms with Gasteiger partial charge < -0.3 is 5.32 Å². The zero-order valence-corrected chi connectivity index (χ0v) is 12.6. The second-order valence-corrected chi connectivity index (χ2v) is 5.39. The number of amides is 1. The summed E-state index contributed by atoms with van der Waals surface area (Å²) in [5.41, 5.74) is 1.40. The van der Waals surface area contributed by atoms with Gasteiger partial charge in [-0.2, -0.15) is 0 Å². The van der Waals surface area contributed by atoms with E-state index in [2.05, 4.69) is 10.3 Å². The molecular weight excluding hydrogens is 326 g/mol. The quantitative estimate of drug-likeness (QED) is 0.675. The molecule has 3 rings (SSSR count). The molecule has 22 heavy (non-hydrogen) atoms. The third-order valence-electron chi connectivity index (χ3n) is 3.11. The standard InChI is InChI=1S/C16H9Cl2FN2O/c17-12-7-9(5-6-13(12)19)20-16(22)11-8-15(18)21-14-4-2-1-3-10(11)14/h1-8H,(H,20,22). The second-order valence-electron chi connectivity index (χ2n) is 4.59. The molecular formula is C16H9Cl2FN2O. The number of hydrogen-bond donors (Lipinski definition) is 1. The number of halogens is 3. The van der Waals surface area contributed by atoms with Gasteiger partial charge in [0.05, 0.1) is 16.1 Å². The van der Waals surface area contributed by atoms with Crippen molar-refractivity contribution in [3.05, 3.63) is 70.1 Å². The van der Waals surface area contributed by atoms with Crippen LogP contribution in [0.3, 0.4) is 0 Å². The number of anilines is 1. The van der Waals surface area contributed by atoms with Crippen LogP contribution in [0.2, 0.25) is 10.2 Å². The van der Waals surface area contributed by atoms with E-state index in [-0.39, 0.29) is 16.1 Å². The van der Waals surface area contributed by atoms with Gasteiger partial charge in [0.2, 0.25) is 0 Å². The molecule has 0 radical (unpaired) electrons. The van der Waals surface area contributed by atoms with E-state index in [4.69, 9.17) is 23.2 Å². The lowest BCUT2D eigenvalue weighted by molar-refractivity contribution is 0.102. The Hall–Kier alpha value is -2.17. The number of benzene rings is 2. The van der Waals surface area contributed by atoms with Gasteiger partial charge in [-0.15, -0.1) is 0 Å². The van der Waals surface area contributed by atoms with E-state index in [0.717, 1.165) is 0 Å². The summed E-state index contributed by atoms with van der Waals surface area (Å²) < 4.78 is 13.1. The molecule has 1 heterocycles. The number of nitrogens with one attached hydrogen (secondary N) is 1. The molecule has 0 unspecified atom stereocenters. The number of hydrogen-bond acceptors (Lipinski definition) is 2. The topological polar surface area (TPSA) is 42.0 Å². The van der Waals surface area contributed by atoms with Crippen molar-refractivity contribution in [1.29, 1.82) is 0 Å². The minimum Gasteiger partial charge on any atom is -0.322 e. The Bertz CT molecular complexity index is 883. The lowest BCUT2D eigenvalue weighted by Crippen LogP contribution is -2.13. The van der Waals surface area contributed by atoms with Crippen LogP contribution in [-0.2, 0) is 0 Å². The fourth-order valence-electron chi connectivity index (χ4n) is 2.10. The van der Waals surface area contributed by atoms with Gasteiger partial charge in [-0.25, -0.2) is 9.37 Å². The largest absolute Gasteiger partial charge is 0.322 e. The van der Waals surface area contributed by atoms with Gasteiger partial charge in [0.25, 0.3) is 5.91 Å². The van der Waals surface area contributed by atoms with Crippen LogP contribution in [0.15, 0.2) is 48.5 Å². The molecule has 0 saturated heterocycles. The van der Waals surface area contributed by atoms with Crippen LogP contribution in [0.4, 0.5) is 10.1 Å². The second kappa shape index (κ2) is 5.91. The Kier molecular flexibility index (Phi) is 3.96. The van der Waals surface area contributed by atoms with Gasteiger partial charge in [0.15, 0.2) is 0 Å². The van der Waals surface area contributed by atoms with Crippen LogP contribution in [0, 0.1) is 5.82 Å². The molecule has 3 nitrogen and oxygen atoms in total. The first-order valence-electron chi connectivity index (χ1n) is 6.36. The molecule has 0 atom stereocenters. The Morgan fingerprint density at radius 3 is 2.64 bits per heavy atom. The van der Waals surface area contributed by atoms with Crippen molar-refractivity contribution < 1.29 is 9.18 Å². The Balaban J connectivity index is 2.00. The van der Waals surface area contributed by atoms with E-state index in [1.807, 2.05) is 12.1 Å². The average Bonchev–Trinajstić information content (AvgIpc) is 2.50. The van der Waals surface area contributed by atoms with Gasteiger partial charge in [0, 0.05) is 11.1 Å². The van der Waals surface area contributed by atoms with Crippen LogP contribution in [-0.4, -0.2) is 10.9 Å². The number of rotatable bonds is 2. The van der Waals surface area contributed by atoms with Crippen molar-refractivity contribution in [3.8, 4) is 0 Å². The molecule has 0 saturated carbocycles. The lowest BCUT2D eigenvalue weighted by atomic mass is 10.1. The predicted molar refractivity (Wildman–Crippen MR) is 86.1 cm³/mol. The Labute approximate surface area is 135 Å². The molecule has 2 aromatic carbocycles. The molecule has 0 spiro atoms. The van der Waals surface area contributed by atoms with Crippen LogP contribution in [0.1, 0.15) is 10.4 Å². The maximum Gasteiger partial charge on any atom is 0.256 e. The van der Waals surface area contributed by atoms with Gasteiger partial charge in [-0.05, 0) is 30.3 Å². The summed E-state index contributed by atoms with van der Waals surface area (Å²) in [6.45, 7) is 0. The van der Waals surface area contributed by atoms with Crippen LogP contribution in [0.5, 0.6) is 0 Å². The van der Waals surface area contributed by atoms with E-state index in [1.54, 1.807) is 12.1 Å². The van der Waals surface area contributed by atoms with Crippen LogP contribution in [0.25, 0.3) is 10.9 Å². The lowest BCUT2D eigenvalue weighted by Gasteiger charge is -2.09. The van der Waals surface area contributed by atoms with Crippen molar-refractivity contribution in [2.45, 2.75) is 0 Å². The average molecular weight is 335 g/mol. The molecule has 0 fully saturated rings. The summed E-state index contributed by atoms with van der Waals surface area (Å²) in [5, 5.41) is 3.51. The molecule has 3 aromatic rings. The highest BCUT2D eigenvalue weighted by atomic mass is 35.5. The number of aromatic nitrogens is 1. The third-order valence-corrected chi connectivity index (χ3v) is 3.59. The first-order valence-corrected chi connectivity index (χ1v) is 7.12. The maximum absolute atomic E-state index is 13.1. The van der Waals surface area contributed by atoms with Crippen molar-refractivity contribution in [3.63, 3.8) is 0 Å². The van der Waals surface area contributed by atoms with Gasteiger partial charge >= 0.3 is 0 Å².